The molecule has 1 atom stereocenters. The van der Waals surface area contributed by atoms with Gasteiger partial charge in [0.2, 0.25) is 0 Å². The Morgan fingerprint density at radius 2 is 2.00 bits per heavy atom. The molecular formula is C5H10O7. The topological polar surface area (TPSA) is 127 Å². The quantitative estimate of drug-likeness (QED) is 0.288. The van der Waals surface area contributed by atoms with Gasteiger partial charge in [-0.05, 0) is 0 Å². The van der Waals surface area contributed by atoms with Crippen molar-refractivity contribution in [1.82, 2.24) is 0 Å². The molecule has 0 bridgehead atoms. The molecule has 7 nitrogen and oxygen atoms in total. The molecule has 0 aliphatic rings. The van der Waals surface area contributed by atoms with Crippen LogP contribution >= 0.6 is 0 Å². The number of hydrogen-bond donors (Lipinski definition) is 5. The summed E-state index contributed by atoms with van der Waals surface area (Å²) in [4.78, 5) is 9.95. The Bertz CT molecular complexity index is 154. The highest BCUT2D eigenvalue weighted by Crippen LogP contribution is 2.02. The Morgan fingerprint density at radius 1 is 1.50 bits per heavy atom. The molecule has 5 N–H and O–H groups in total. The van der Waals surface area contributed by atoms with Crippen LogP contribution in [0, 0.1) is 0 Å². The molecule has 0 aromatic heterocycles. The van der Waals surface area contributed by atoms with Crippen LogP contribution in [-0.2, 0) is 9.53 Å². The molecule has 0 heterocycles. The van der Waals surface area contributed by atoms with E-state index < -0.39 is 31.3 Å². The van der Waals surface area contributed by atoms with Crippen LogP contribution in [0.2, 0.25) is 0 Å². The summed E-state index contributed by atoms with van der Waals surface area (Å²) < 4.78 is 3.95. The summed E-state index contributed by atoms with van der Waals surface area (Å²) in [5.41, 5.74) is 0. The summed E-state index contributed by atoms with van der Waals surface area (Å²) in [5, 5.41) is 41.9. The maximum atomic E-state index is 9.95. The van der Waals surface area contributed by atoms with Crippen LogP contribution in [0.1, 0.15) is 0 Å². The van der Waals surface area contributed by atoms with E-state index in [4.69, 9.17) is 25.5 Å². The van der Waals surface area contributed by atoms with E-state index in [0.717, 1.165) is 0 Å². The van der Waals surface area contributed by atoms with Crippen LogP contribution < -0.4 is 0 Å². The standard InChI is InChI=1S/C5H10O7/c6-1-3(7)2-12-5(10,11)4(8)9/h3,6-7,10-11H,1-2H2,(H,8,9). The zero-order valence-electron chi connectivity index (χ0n) is 6.04. The number of aliphatic hydroxyl groups is 4. The second-order valence-corrected chi connectivity index (χ2v) is 2.06. The van der Waals surface area contributed by atoms with E-state index in [1.165, 1.54) is 0 Å². The summed E-state index contributed by atoms with van der Waals surface area (Å²) in [5.74, 6) is -5.32. The normalized spacial score (nSPS) is 14.3. The van der Waals surface area contributed by atoms with Gasteiger partial charge in [0, 0.05) is 0 Å². The number of carboxylic acids is 1. The van der Waals surface area contributed by atoms with E-state index in [1.54, 1.807) is 0 Å². The predicted octanol–water partition coefficient (Wildman–Crippen LogP) is -2.92. The molecule has 12 heavy (non-hydrogen) atoms. The number of rotatable bonds is 5. The Labute approximate surface area is 67.4 Å². The minimum atomic E-state index is -3.32. The van der Waals surface area contributed by atoms with E-state index >= 15 is 0 Å². The molecule has 1 unspecified atom stereocenters. The molecule has 0 saturated carbocycles. The zero-order valence-corrected chi connectivity index (χ0v) is 6.04. The largest absolute Gasteiger partial charge is 0.475 e. The fourth-order valence-electron chi connectivity index (χ4n) is 0.327. The van der Waals surface area contributed by atoms with Gasteiger partial charge < -0.3 is 30.3 Å². The number of carboxylic acid groups (broad SMARTS) is 1. The van der Waals surface area contributed by atoms with Crippen LogP contribution in [0.5, 0.6) is 0 Å². The van der Waals surface area contributed by atoms with Crippen molar-refractivity contribution >= 4 is 5.97 Å². The van der Waals surface area contributed by atoms with Gasteiger partial charge in [-0.25, -0.2) is 4.79 Å². The van der Waals surface area contributed by atoms with Crippen LogP contribution in [-0.4, -0.2) is 56.8 Å². The molecule has 0 radical (unpaired) electrons. The molecule has 0 amide bonds. The first-order valence-corrected chi connectivity index (χ1v) is 3.01. The SMILES string of the molecule is O=C(O)C(O)(O)OCC(O)CO. The molecule has 0 aromatic carbocycles. The van der Waals surface area contributed by atoms with Gasteiger partial charge in [-0.3, -0.25) is 0 Å². The molecular weight excluding hydrogens is 172 g/mol. The lowest BCUT2D eigenvalue weighted by molar-refractivity contribution is -0.328. The van der Waals surface area contributed by atoms with Crippen molar-refractivity contribution in [2.45, 2.75) is 12.1 Å². The van der Waals surface area contributed by atoms with Gasteiger partial charge in [0.15, 0.2) is 0 Å². The number of aliphatic hydroxyl groups excluding tert-OH is 2. The van der Waals surface area contributed by atoms with Crippen molar-refractivity contribution in [3.63, 3.8) is 0 Å². The van der Waals surface area contributed by atoms with Gasteiger partial charge in [0.05, 0.1) is 13.2 Å². The maximum absolute atomic E-state index is 9.95. The second kappa shape index (κ2) is 4.33. The third kappa shape index (κ3) is 3.60. The minimum Gasteiger partial charge on any atom is -0.475 e. The highest BCUT2D eigenvalue weighted by Gasteiger charge is 2.35. The Hall–Kier alpha value is -0.730. The first kappa shape index (κ1) is 11.3. The molecule has 7 heteroatoms. The Kier molecular flexibility index (Phi) is 4.07. The first-order chi connectivity index (χ1) is 5.40. The van der Waals surface area contributed by atoms with E-state index in [9.17, 15) is 4.79 Å². The van der Waals surface area contributed by atoms with Gasteiger partial charge in [0.25, 0.3) is 0 Å². The van der Waals surface area contributed by atoms with E-state index in [1.807, 2.05) is 0 Å². The number of ether oxygens (including phenoxy) is 1. The van der Waals surface area contributed by atoms with E-state index in [2.05, 4.69) is 4.74 Å². The first-order valence-electron chi connectivity index (χ1n) is 3.01. The predicted molar refractivity (Wildman–Crippen MR) is 33.8 cm³/mol. The van der Waals surface area contributed by atoms with Crippen LogP contribution in [0.15, 0.2) is 0 Å². The van der Waals surface area contributed by atoms with Gasteiger partial charge in [-0.15, -0.1) is 0 Å². The molecule has 0 aliphatic heterocycles. The Morgan fingerprint density at radius 3 is 2.33 bits per heavy atom. The van der Waals surface area contributed by atoms with Gasteiger partial charge in [0.1, 0.15) is 6.10 Å². The van der Waals surface area contributed by atoms with Gasteiger partial charge in [-0.2, -0.15) is 0 Å². The smallest absolute Gasteiger partial charge is 0.395 e. The van der Waals surface area contributed by atoms with Crippen LogP contribution in [0.25, 0.3) is 0 Å². The lowest BCUT2D eigenvalue weighted by Gasteiger charge is -2.17. The van der Waals surface area contributed by atoms with Crippen molar-refractivity contribution in [2.24, 2.45) is 0 Å². The number of hydrogen-bond acceptors (Lipinski definition) is 6. The van der Waals surface area contributed by atoms with Crippen molar-refractivity contribution in [2.75, 3.05) is 13.2 Å². The fourth-order valence-corrected chi connectivity index (χ4v) is 0.327. The summed E-state index contributed by atoms with van der Waals surface area (Å²) >= 11 is 0. The lowest BCUT2D eigenvalue weighted by Crippen LogP contribution is -2.43. The average molecular weight is 182 g/mol. The van der Waals surface area contributed by atoms with Crippen molar-refractivity contribution in [3.05, 3.63) is 0 Å². The summed E-state index contributed by atoms with van der Waals surface area (Å²) in [6, 6.07) is 0. The molecule has 0 saturated heterocycles. The second-order valence-electron chi connectivity index (χ2n) is 2.06. The third-order valence-electron chi connectivity index (χ3n) is 0.966. The summed E-state index contributed by atoms with van der Waals surface area (Å²) in [7, 11) is 0. The van der Waals surface area contributed by atoms with Crippen LogP contribution in [0.4, 0.5) is 0 Å². The van der Waals surface area contributed by atoms with Gasteiger partial charge in [-0.1, -0.05) is 0 Å². The zero-order chi connectivity index (χ0) is 9.78. The van der Waals surface area contributed by atoms with E-state index in [-0.39, 0.29) is 0 Å². The lowest BCUT2D eigenvalue weighted by atomic mass is 10.4. The highest BCUT2D eigenvalue weighted by molar-refractivity contribution is 5.73. The third-order valence-corrected chi connectivity index (χ3v) is 0.966. The average Bonchev–Trinajstić information content (AvgIpc) is 2.00. The molecule has 72 valence electrons. The highest BCUT2D eigenvalue weighted by atomic mass is 16.8. The van der Waals surface area contributed by atoms with Crippen molar-refractivity contribution < 1.29 is 35.1 Å². The van der Waals surface area contributed by atoms with Crippen LogP contribution in [0.3, 0.4) is 0 Å². The van der Waals surface area contributed by atoms with Gasteiger partial charge >= 0.3 is 11.9 Å². The maximum Gasteiger partial charge on any atom is 0.395 e. The fraction of sp³-hybridized carbons (Fsp3) is 0.800. The van der Waals surface area contributed by atoms with Crippen molar-refractivity contribution in [1.29, 1.82) is 0 Å². The monoisotopic (exact) mass is 182 g/mol. The molecule has 0 aromatic rings. The summed E-state index contributed by atoms with van der Waals surface area (Å²) in [6.45, 7) is -1.34. The molecule has 0 spiro atoms. The number of carbonyl (C=O) groups is 1. The van der Waals surface area contributed by atoms with Crippen molar-refractivity contribution in [3.8, 4) is 0 Å². The Balaban J connectivity index is 3.83. The number of aliphatic carboxylic acids is 1. The molecule has 0 fully saturated rings. The minimum absolute atomic E-state index is 0.657. The van der Waals surface area contributed by atoms with E-state index in [0.29, 0.717) is 0 Å². The molecule has 0 rings (SSSR count). The molecule has 0 aliphatic carbocycles. The summed E-state index contributed by atoms with van der Waals surface area (Å²) in [6.07, 6.45) is -1.34.